The number of carbonyl (C=O) groups is 2. The Bertz CT molecular complexity index is 940. The van der Waals surface area contributed by atoms with E-state index in [-0.39, 0.29) is 11.9 Å². The van der Waals surface area contributed by atoms with E-state index >= 15 is 0 Å². The van der Waals surface area contributed by atoms with Crippen LogP contribution in [0, 0.1) is 0 Å². The topological polar surface area (TPSA) is 83.1 Å². The van der Waals surface area contributed by atoms with Gasteiger partial charge in [-0.1, -0.05) is 43.3 Å². The van der Waals surface area contributed by atoms with E-state index in [4.69, 9.17) is 0 Å². The van der Waals surface area contributed by atoms with E-state index in [1.165, 1.54) is 11.3 Å². The monoisotopic (exact) mass is 394 g/mol. The van der Waals surface area contributed by atoms with Crippen molar-refractivity contribution in [2.45, 2.75) is 26.2 Å². The molecule has 3 amide bonds. The molecule has 0 unspecified atom stereocenters. The number of hydrogen-bond acceptors (Lipinski definition) is 4. The van der Waals surface area contributed by atoms with E-state index in [9.17, 15) is 9.59 Å². The van der Waals surface area contributed by atoms with Gasteiger partial charge in [0.1, 0.15) is 0 Å². The molecule has 0 fully saturated rings. The van der Waals surface area contributed by atoms with Gasteiger partial charge in [-0.05, 0) is 36.6 Å². The lowest BCUT2D eigenvalue weighted by molar-refractivity contribution is -0.116. The number of nitrogens with one attached hydrogen (secondary N) is 3. The zero-order valence-electron chi connectivity index (χ0n) is 15.6. The van der Waals surface area contributed by atoms with Gasteiger partial charge in [0, 0.05) is 23.2 Å². The zero-order valence-corrected chi connectivity index (χ0v) is 16.4. The van der Waals surface area contributed by atoms with Crippen molar-refractivity contribution >= 4 is 39.8 Å². The number of amides is 3. The molecule has 0 aliphatic heterocycles. The quantitative estimate of drug-likeness (QED) is 0.532. The minimum atomic E-state index is -0.346. The molecule has 1 heterocycles. The van der Waals surface area contributed by atoms with E-state index in [0.717, 1.165) is 23.4 Å². The minimum Gasteiger partial charge on any atom is -0.326 e. The van der Waals surface area contributed by atoms with Crippen LogP contribution in [0.4, 0.5) is 21.3 Å². The van der Waals surface area contributed by atoms with Gasteiger partial charge in [0.05, 0.1) is 5.69 Å². The molecule has 0 saturated carbocycles. The fourth-order valence-electron chi connectivity index (χ4n) is 2.67. The first-order valence-electron chi connectivity index (χ1n) is 9.09. The van der Waals surface area contributed by atoms with Gasteiger partial charge in [-0.3, -0.25) is 10.1 Å². The number of aromatic nitrogens is 1. The highest BCUT2D eigenvalue weighted by Gasteiger charge is 2.10. The summed E-state index contributed by atoms with van der Waals surface area (Å²) < 4.78 is 0. The van der Waals surface area contributed by atoms with E-state index in [1.807, 2.05) is 60.0 Å². The fraction of sp³-hybridized carbons (Fsp3) is 0.190. The van der Waals surface area contributed by atoms with Crippen LogP contribution in [-0.4, -0.2) is 16.9 Å². The number of thiazole rings is 1. The summed E-state index contributed by atoms with van der Waals surface area (Å²) in [5.74, 6) is -0.0507. The summed E-state index contributed by atoms with van der Waals surface area (Å²) >= 11 is 1.34. The number of rotatable bonds is 7. The first-order chi connectivity index (χ1) is 13.6. The van der Waals surface area contributed by atoms with Gasteiger partial charge in [-0.25, -0.2) is 9.78 Å². The molecule has 0 radical (unpaired) electrons. The van der Waals surface area contributed by atoms with Crippen LogP contribution in [0.15, 0.2) is 60.0 Å². The lowest BCUT2D eigenvalue weighted by atomic mass is 10.1. The van der Waals surface area contributed by atoms with Crippen LogP contribution in [-0.2, 0) is 17.6 Å². The minimum absolute atomic E-state index is 0.0507. The Balaban J connectivity index is 1.48. The number of nitrogens with zero attached hydrogens (tertiary/aromatic N) is 1. The second-order valence-electron chi connectivity index (χ2n) is 6.15. The molecule has 0 aliphatic rings. The number of carbonyl (C=O) groups excluding carboxylic acids is 2. The van der Waals surface area contributed by atoms with Gasteiger partial charge in [0.15, 0.2) is 5.13 Å². The Morgan fingerprint density at radius 1 is 0.964 bits per heavy atom. The van der Waals surface area contributed by atoms with Crippen molar-refractivity contribution in [1.82, 2.24) is 4.98 Å². The van der Waals surface area contributed by atoms with Crippen molar-refractivity contribution in [2.24, 2.45) is 0 Å². The van der Waals surface area contributed by atoms with Gasteiger partial charge in [-0.15, -0.1) is 11.3 Å². The Morgan fingerprint density at radius 2 is 1.71 bits per heavy atom. The van der Waals surface area contributed by atoms with Gasteiger partial charge >= 0.3 is 6.03 Å². The van der Waals surface area contributed by atoms with Crippen molar-refractivity contribution in [3.05, 3.63) is 71.2 Å². The summed E-state index contributed by atoms with van der Waals surface area (Å²) in [6, 6.07) is 16.6. The van der Waals surface area contributed by atoms with Crippen LogP contribution >= 0.6 is 11.3 Å². The van der Waals surface area contributed by atoms with E-state index < -0.39 is 0 Å². The largest absolute Gasteiger partial charge is 0.326 e. The first-order valence-corrected chi connectivity index (χ1v) is 9.97. The highest BCUT2D eigenvalue weighted by molar-refractivity contribution is 7.13. The van der Waals surface area contributed by atoms with Crippen molar-refractivity contribution in [1.29, 1.82) is 0 Å². The van der Waals surface area contributed by atoms with E-state index in [2.05, 4.69) is 27.9 Å². The van der Waals surface area contributed by atoms with Crippen molar-refractivity contribution in [3.8, 4) is 0 Å². The molecule has 144 valence electrons. The number of aryl methyl sites for hydroxylation is 2. The summed E-state index contributed by atoms with van der Waals surface area (Å²) in [6.07, 6.45) is 1.71. The van der Waals surface area contributed by atoms with Gasteiger partial charge < -0.3 is 10.6 Å². The third kappa shape index (κ3) is 5.65. The number of urea groups is 1. The smallest absolute Gasteiger partial charge is 0.325 e. The third-order valence-electron chi connectivity index (χ3n) is 4.08. The maximum absolute atomic E-state index is 12.2. The van der Waals surface area contributed by atoms with Crippen molar-refractivity contribution < 1.29 is 9.59 Å². The average molecular weight is 394 g/mol. The normalized spacial score (nSPS) is 10.3. The van der Waals surface area contributed by atoms with E-state index in [0.29, 0.717) is 23.7 Å². The van der Waals surface area contributed by atoms with Crippen LogP contribution in [0.1, 0.15) is 24.6 Å². The highest BCUT2D eigenvalue weighted by Crippen LogP contribution is 2.19. The highest BCUT2D eigenvalue weighted by atomic mass is 32.1. The molecule has 2 aromatic carbocycles. The molecule has 1 aromatic heterocycles. The summed E-state index contributed by atoms with van der Waals surface area (Å²) in [5.41, 5.74) is 3.45. The molecule has 0 bridgehead atoms. The predicted molar refractivity (Wildman–Crippen MR) is 114 cm³/mol. The summed E-state index contributed by atoms with van der Waals surface area (Å²) in [5, 5.41) is 10.8. The number of hydrogen-bond donors (Lipinski definition) is 3. The van der Waals surface area contributed by atoms with Crippen LogP contribution in [0.25, 0.3) is 0 Å². The SMILES string of the molecule is CCc1ccccc1NC(=O)CCc1csc(NC(=O)Nc2ccccc2)n1. The maximum atomic E-state index is 12.2. The molecule has 7 heteroatoms. The number of anilines is 3. The molecule has 3 N–H and O–H groups in total. The standard InChI is InChI=1S/C21H22N4O2S/c1-2-15-8-6-7-11-18(15)24-19(26)13-12-17-14-28-21(23-17)25-20(27)22-16-9-4-3-5-10-16/h3-11,14H,2,12-13H2,1H3,(H,24,26)(H2,22,23,25,27). The zero-order chi connectivity index (χ0) is 19.8. The Morgan fingerprint density at radius 3 is 2.50 bits per heavy atom. The molecule has 0 saturated heterocycles. The first kappa shape index (κ1) is 19.6. The lowest BCUT2D eigenvalue weighted by Gasteiger charge is -2.09. The molecule has 0 atom stereocenters. The molecule has 0 spiro atoms. The fourth-order valence-corrected chi connectivity index (χ4v) is 3.40. The van der Waals surface area contributed by atoms with Crippen LogP contribution < -0.4 is 16.0 Å². The van der Waals surface area contributed by atoms with Gasteiger partial charge in [-0.2, -0.15) is 0 Å². The second-order valence-corrected chi connectivity index (χ2v) is 7.01. The maximum Gasteiger partial charge on any atom is 0.325 e. The number of para-hydroxylation sites is 2. The molecule has 3 rings (SSSR count). The van der Waals surface area contributed by atoms with Crippen LogP contribution in [0.2, 0.25) is 0 Å². The second kappa shape index (κ2) is 9.66. The van der Waals surface area contributed by atoms with Gasteiger partial charge in [0.25, 0.3) is 0 Å². The summed E-state index contributed by atoms with van der Waals surface area (Å²) in [6.45, 7) is 2.06. The van der Waals surface area contributed by atoms with Crippen LogP contribution in [0.5, 0.6) is 0 Å². The molecular formula is C21H22N4O2S. The Labute approximate surface area is 168 Å². The van der Waals surface area contributed by atoms with Crippen LogP contribution in [0.3, 0.4) is 0 Å². The van der Waals surface area contributed by atoms with Gasteiger partial charge in [0.2, 0.25) is 5.91 Å². The predicted octanol–water partition coefficient (Wildman–Crippen LogP) is 4.92. The van der Waals surface area contributed by atoms with Crippen molar-refractivity contribution in [3.63, 3.8) is 0 Å². The average Bonchev–Trinajstić information content (AvgIpc) is 3.14. The molecular weight excluding hydrogens is 372 g/mol. The molecule has 0 aliphatic carbocycles. The Hall–Kier alpha value is -3.19. The third-order valence-corrected chi connectivity index (χ3v) is 4.89. The number of benzene rings is 2. The molecule has 6 nitrogen and oxygen atoms in total. The van der Waals surface area contributed by atoms with Crippen molar-refractivity contribution in [2.75, 3.05) is 16.0 Å². The Kier molecular flexibility index (Phi) is 6.75. The van der Waals surface area contributed by atoms with E-state index in [1.54, 1.807) is 0 Å². The molecule has 3 aromatic rings. The summed E-state index contributed by atoms with van der Waals surface area (Å²) in [4.78, 5) is 28.6. The lowest BCUT2D eigenvalue weighted by Crippen LogP contribution is -2.19. The molecule has 28 heavy (non-hydrogen) atoms. The summed E-state index contributed by atoms with van der Waals surface area (Å²) in [7, 11) is 0.